The maximum atomic E-state index is 12.3. The van der Waals surface area contributed by atoms with Gasteiger partial charge in [0.25, 0.3) is 0 Å². The summed E-state index contributed by atoms with van der Waals surface area (Å²) in [5.41, 5.74) is -0.0680. The van der Waals surface area contributed by atoms with Gasteiger partial charge in [-0.3, -0.25) is 0 Å². The van der Waals surface area contributed by atoms with Gasteiger partial charge in [0.05, 0.1) is 0 Å². The fraction of sp³-hybridized carbons (Fsp3) is 0.600. The van der Waals surface area contributed by atoms with Gasteiger partial charge in [0, 0.05) is 32.2 Å². The van der Waals surface area contributed by atoms with E-state index in [1.165, 1.54) is 6.07 Å². The van der Waals surface area contributed by atoms with E-state index in [1.54, 1.807) is 6.07 Å². The molecule has 0 bridgehead atoms. The minimum atomic E-state index is -1.09. The molecule has 2 aliphatic rings. The van der Waals surface area contributed by atoms with E-state index < -0.39 is 5.97 Å². The number of piperidine rings is 1. The van der Waals surface area contributed by atoms with Crippen molar-refractivity contribution in [2.75, 3.05) is 31.5 Å². The van der Waals surface area contributed by atoms with Crippen LogP contribution in [-0.4, -0.2) is 69.3 Å². The van der Waals surface area contributed by atoms with Crippen LogP contribution in [0.2, 0.25) is 0 Å². The number of hydrogen-bond acceptors (Lipinski definition) is 5. The van der Waals surface area contributed by atoms with Crippen LogP contribution in [0.25, 0.3) is 0 Å². The highest BCUT2D eigenvalue weighted by Crippen LogP contribution is 2.18. The minimum Gasteiger partial charge on any atom is -0.476 e. The molecule has 124 valence electrons. The lowest BCUT2D eigenvalue weighted by Crippen LogP contribution is -2.47. The van der Waals surface area contributed by atoms with Crippen LogP contribution in [0.1, 0.15) is 36.2 Å². The van der Waals surface area contributed by atoms with Crippen molar-refractivity contribution in [2.45, 2.75) is 31.7 Å². The Morgan fingerprint density at radius 3 is 2.26 bits per heavy atom. The number of carbonyl (C=O) groups is 2. The van der Waals surface area contributed by atoms with Crippen LogP contribution in [0.4, 0.5) is 10.6 Å². The zero-order chi connectivity index (χ0) is 16.2. The predicted octanol–water partition coefficient (Wildman–Crippen LogP) is 1.27. The fourth-order valence-electron chi connectivity index (χ4n) is 3.06. The Morgan fingerprint density at radius 1 is 1.04 bits per heavy atom. The third-order valence-electron chi connectivity index (χ3n) is 4.38. The summed E-state index contributed by atoms with van der Waals surface area (Å²) in [6.45, 7) is 3.21. The van der Waals surface area contributed by atoms with Crippen LogP contribution in [0.5, 0.6) is 0 Å². The number of likely N-dealkylation sites (tertiary alicyclic amines) is 2. The number of carboxylic acid groups (broad SMARTS) is 1. The molecule has 2 N–H and O–H groups in total. The molecule has 1 aromatic heterocycles. The van der Waals surface area contributed by atoms with Crippen LogP contribution < -0.4 is 5.32 Å². The molecule has 1 aromatic rings. The largest absolute Gasteiger partial charge is 0.476 e. The SMILES string of the molecule is O=C(O)c1ccc(NC2CCN(C(=O)N3CCCC3)CC2)nn1. The summed E-state index contributed by atoms with van der Waals surface area (Å²) in [6.07, 6.45) is 3.91. The van der Waals surface area contributed by atoms with Crippen molar-refractivity contribution in [3.8, 4) is 0 Å². The van der Waals surface area contributed by atoms with Gasteiger partial charge in [-0.15, -0.1) is 10.2 Å². The lowest BCUT2D eigenvalue weighted by Gasteiger charge is -2.34. The van der Waals surface area contributed by atoms with Crippen LogP contribution in [0.15, 0.2) is 12.1 Å². The first kappa shape index (κ1) is 15.5. The van der Waals surface area contributed by atoms with Crippen molar-refractivity contribution in [3.05, 3.63) is 17.8 Å². The van der Waals surface area contributed by atoms with Crippen molar-refractivity contribution in [3.63, 3.8) is 0 Å². The summed E-state index contributed by atoms with van der Waals surface area (Å²) in [5.74, 6) is -0.517. The van der Waals surface area contributed by atoms with E-state index in [1.807, 2.05) is 9.80 Å². The number of carbonyl (C=O) groups excluding carboxylic acids is 1. The molecule has 0 aromatic carbocycles. The molecule has 0 spiro atoms. The molecular formula is C15H21N5O3. The summed E-state index contributed by atoms with van der Waals surface area (Å²) in [4.78, 5) is 26.9. The first-order chi connectivity index (χ1) is 11.1. The normalized spacial score (nSPS) is 19.0. The molecular weight excluding hydrogens is 298 g/mol. The van der Waals surface area contributed by atoms with Gasteiger partial charge in [-0.25, -0.2) is 9.59 Å². The highest BCUT2D eigenvalue weighted by molar-refractivity contribution is 5.85. The number of carboxylic acids is 1. The second-order valence-corrected chi connectivity index (χ2v) is 5.99. The van der Waals surface area contributed by atoms with E-state index in [9.17, 15) is 9.59 Å². The van der Waals surface area contributed by atoms with Gasteiger partial charge in [0.2, 0.25) is 0 Å². The van der Waals surface area contributed by atoms with E-state index in [0.717, 1.165) is 51.9 Å². The third kappa shape index (κ3) is 3.69. The van der Waals surface area contributed by atoms with Crippen LogP contribution >= 0.6 is 0 Å². The zero-order valence-corrected chi connectivity index (χ0v) is 12.9. The van der Waals surface area contributed by atoms with Crippen molar-refractivity contribution < 1.29 is 14.7 Å². The first-order valence-corrected chi connectivity index (χ1v) is 8.01. The van der Waals surface area contributed by atoms with Crippen molar-refractivity contribution in [1.29, 1.82) is 0 Å². The number of aromatic carboxylic acids is 1. The maximum Gasteiger partial charge on any atom is 0.356 e. The minimum absolute atomic E-state index is 0.0680. The quantitative estimate of drug-likeness (QED) is 0.870. The Bertz CT molecular complexity index is 563. The van der Waals surface area contributed by atoms with E-state index in [0.29, 0.717) is 5.82 Å². The standard InChI is InChI=1S/C15H21N5O3/c21-14(22)12-3-4-13(18-17-12)16-11-5-9-20(10-6-11)15(23)19-7-1-2-8-19/h3-4,11H,1-2,5-10H2,(H,16,18)(H,21,22). The van der Waals surface area contributed by atoms with Crippen LogP contribution in [0, 0.1) is 0 Å². The van der Waals surface area contributed by atoms with Gasteiger partial charge in [-0.1, -0.05) is 0 Å². The number of nitrogens with one attached hydrogen (secondary N) is 1. The van der Waals surface area contributed by atoms with Gasteiger partial charge < -0.3 is 20.2 Å². The molecule has 2 aliphatic heterocycles. The van der Waals surface area contributed by atoms with E-state index in [2.05, 4.69) is 15.5 Å². The van der Waals surface area contributed by atoms with Gasteiger partial charge in [-0.05, 0) is 37.8 Å². The van der Waals surface area contributed by atoms with Gasteiger partial charge in [0.1, 0.15) is 5.82 Å². The number of aromatic nitrogens is 2. The highest BCUT2D eigenvalue weighted by atomic mass is 16.4. The molecule has 0 unspecified atom stereocenters. The molecule has 2 saturated heterocycles. The second kappa shape index (κ2) is 6.80. The first-order valence-electron chi connectivity index (χ1n) is 8.01. The third-order valence-corrected chi connectivity index (χ3v) is 4.38. The van der Waals surface area contributed by atoms with E-state index >= 15 is 0 Å². The monoisotopic (exact) mass is 319 g/mol. The molecule has 3 heterocycles. The molecule has 8 nitrogen and oxygen atoms in total. The van der Waals surface area contributed by atoms with E-state index in [4.69, 9.17) is 5.11 Å². The van der Waals surface area contributed by atoms with Crippen LogP contribution in [0.3, 0.4) is 0 Å². The highest BCUT2D eigenvalue weighted by Gasteiger charge is 2.27. The van der Waals surface area contributed by atoms with E-state index in [-0.39, 0.29) is 17.8 Å². The predicted molar refractivity (Wildman–Crippen MR) is 83.4 cm³/mol. The lowest BCUT2D eigenvalue weighted by molar-refractivity contribution is 0.0689. The molecule has 0 atom stereocenters. The van der Waals surface area contributed by atoms with Gasteiger partial charge in [-0.2, -0.15) is 0 Å². The van der Waals surface area contributed by atoms with Gasteiger partial charge >= 0.3 is 12.0 Å². The Morgan fingerprint density at radius 2 is 1.70 bits per heavy atom. The summed E-state index contributed by atoms with van der Waals surface area (Å²) >= 11 is 0. The average molecular weight is 319 g/mol. The van der Waals surface area contributed by atoms with Crippen molar-refractivity contribution in [1.82, 2.24) is 20.0 Å². The van der Waals surface area contributed by atoms with Gasteiger partial charge in [0.15, 0.2) is 5.69 Å². The number of rotatable bonds is 3. The Kier molecular flexibility index (Phi) is 4.59. The maximum absolute atomic E-state index is 12.3. The number of anilines is 1. The second-order valence-electron chi connectivity index (χ2n) is 5.99. The molecule has 2 fully saturated rings. The number of amides is 2. The summed E-state index contributed by atoms with van der Waals surface area (Å²) < 4.78 is 0. The molecule has 0 aliphatic carbocycles. The number of nitrogens with zero attached hydrogens (tertiary/aromatic N) is 4. The Labute approximate surface area is 134 Å². The van der Waals surface area contributed by atoms with Crippen molar-refractivity contribution >= 4 is 17.8 Å². The zero-order valence-electron chi connectivity index (χ0n) is 12.9. The lowest BCUT2D eigenvalue weighted by atomic mass is 10.1. The fourth-order valence-corrected chi connectivity index (χ4v) is 3.06. The molecule has 2 amide bonds. The summed E-state index contributed by atoms with van der Waals surface area (Å²) in [5, 5.41) is 19.6. The smallest absolute Gasteiger partial charge is 0.356 e. The topological polar surface area (TPSA) is 98.7 Å². The number of urea groups is 1. The molecule has 0 radical (unpaired) electrons. The summed E-state index contributed by atoms with van der Waals surface area (Å²) in [6, 6.07) is 3.44. The number of hydrogen-bond donors (Lipinski definition) is 2. The molecule has 0 saturated carbocycles. The Balaban J connectivity index is 1.48. The molecule has 3 rings (SSSR count). The molecule has 23 heavy (non-hydrogen) atoms. The Hall–Kier alpha value is -2.38. The average Bonchev–Trinajstić information content (AvgIpc) is 3.10. The van der Waals surface area contributed by atoms with Crippen LogP contribution in [-0.2, 0) is 0 Å². The summed E-state index contributed by atoms with van der Waals surface area (Å²) in [7, 11) is 0. The van der Waals surface area contributed by atoms with Crippen molar-refractivity contribution in [2.24, 2.45) is 0 Å². The molecule has 8 heteroatoms.